The molecule has 0 aliphatic rings. The fourth-order valence-electron chi connectivity index (χ4n) is 2.62. The van der Waals surface area contributed by atoms with Gasteiger partial charge in [0.25, 0.3) is 16.8 Å². The number of oxazole rings is 1. The molecular formula is C20H13ClN4O5S. The second kappa shape index (κ2) is 9.02. The lowest BCUT2D eigenvalue weighted by Gasteiger charge is -1.99. The quantitative estimate of drug-likeness (QED) is 0.181. The van der Waals surface area contributed by atoms with E-state index in [4.69, 9.17) is 20.4 Å². The van der Waals surface area contributed by atoms with Crippen molar-refractivity contribution in [3.8, 4) is 11.3 Å². The third kappa shape index (κ3) is 4.93. The Balaban J connectivity index is 1.33. The number of amides is 1. The molecule has 9 nitrogen and oxygen atoms in total. The zero-order valence-corrected chi connectivity index (χ0v) is 17.2. The lowest BCUT2D eigenvalue weighted by molar-refractivity contribution is -0.384. The van der Waals surface area contributed by atoms with Gasteiger partial charge in [0, 0.05) is 11.6 Å². The Hall–Kier alpha value is -3.63. The van der Waals surface area contributed by atoms with Gasteiger partial charge >= 0.3 is 0 Å². The number of hydrogen-bond acceptors (Lipinski definition) is 8. The zero-order valence-electron chi connectivity index (χ0n) is 15.6. The van der Waals surface area contributed by atoms with Gasteiger partial charge in [-0.25, -0.2) is 10.4 Å². The molecule has 31 heavy (non-hydrogen) atoms. The highest BCUT2D eigenvalue weighted by atomic mass is 35.5. The summed E-state index contributed by atoms with van der Waals surface area (Å²) in [5.74, 6) is 0.490. The number of nitro benzene ring substituents is 1. The highest BCUT2D eigenvalue weighted by Crippen LogP contribution is 2.31. The van der Waals surface area contributed by atoms with Crippen LogP contribution in [0, 0.1) is 10.1 Å². The van der Waals surface area contributed by atoms with Gasteiger partial charge in [0.15, 0.2) is 5.58 Å². The molecular weight excluding hydrogens is 444 g/mol. The summed E-state index contributed by atoms with van der Waals surface area (Å²) < 4.78 is 11.1. The van der Waals surface area contributed by atoms with E-state index in [-0.39, 0.29) is 22.4 Å². The topological polar surface area (TPSA) is 124 Å². The molecule has 0 bridgehead atoms. The molecule has 156 valence electrons. The van der Waals surface area contributed by atoms with Crippen LogP contribution in [0.1, 0.15) is 5.76 Å². The maximum Gasteiger partial charge on any atom is 0.288 e. The Morgan fingerprint density at radius 3 is 2.87 bits per heavy atom. The van der Waals surface area contributed by atoms with Crippen molar-refractivity contribution in [2.24, 2.45) is 5.10 Å². The fraction of sp³-hybridized carbons (Fsp3) is 0.0500. The molecule has 0 radical (unpaired) electrons. The number of halogens is 1. The summed E-state index contributed by atoms with van der Waals surface area (Å²) in [6, 6.07) is 15.0. The molecule has 11 heteroatoms. The largest absolute Gasteiger partial charge is 0.455 e. The first-order chi connectivity index (χ1) is 15.0. The molecule has 0 saturated heterocycles. The number of hydrazone groups is 1. The Kier molecular flexibility index (Phi) is 6.01. The molecule has 0 unspecified atom stereocenters. The maximum absolute atomic E-state index is 12.0. The summed E-state index contributed by atoms with van der Waals surface area (Å²) in [4.78, 5) is 26.7. The smallest absolute Gasteiger partial charge is 0.288 e. The van der Waals surface area contributed by atoms with Gasteiger partial charge in [-0.05, 0) is 36.4 Å². The predicted molar refractivity (Wildman–Crippen MR) is 116 cm³/mol. The monoisotopic (exact) mass is 456 g/mol. The van der Waals surface area contributed by atoms with Crippen molar-refractivity contribution in [3.05, 3.63) is 75.5 Å². The lowest BCUT2D eigenvalue weighted by Crippen LogP contribution is -2.19. The number of benzene rings is 2. The highest BCUT2D eigenvalue weighted by Gasteiger charge is 2.15. The number of carbonyl (C=O) groups excluding carboxylic acids is 1. The van der Waals surface area contributed by atoms with Gasteiger partial charge in [0.05, 0.1) is 16.9 Å². The summed E-state index contributed by atoms with van der Waals surface area (Å²) in [7, 11) is 0. The van der Waals surface area contributed by atoms with E-state index >= 15 is 0 Å². The third-order valence-electron chi connectivity index (χ3n) is 4.04. The number of aromatic nitrogens is 1. The lowest BCUT2D eigenvalue weighted by atomic mass is 10.1. The van der Waals surface area contributed by atoms with Crippen LogP contribution in [-0.2, 0) is 4.79 Å². The Morgan fingerprint density at radius 2 is 2.06 bits per heavy atom. The second-order valence-electron chi connectivity index (χ2n) is 6.15. The number of rotatable bonds is 7. The van der Waals surface area contributed by atoms with Gasteiger partial charge in [-0.1, -0.05) is 35.5 Å². The van der Waals surface area contributed by atoms with Crippen LogP contribution in [0.2, 0.25) is 5.02 Å². The van der Waals surface area contributed by atoms with Crippen LogP contribution in [0.4, 0.5) is 5.69 Å². The number of nitrogens with one attached hydrogen (secondary N) is 1. The zero-order chi connectivity index (χ0) is 21.8. The first-order valence-corrected chi connectivity index (χ1v) is 10.2. The summed E-state index contributed by atoms with van der Waals surface area (Å²) in [6.45, 7) is 0. The molecule has 1 N–H and O–H groups in total. The molecule has 0 saturated carbocycles. The minimum atomic E-state index is -0.564. The Bertz CT molecular complexity index is 1270. The van der Waals surface area contributed by atoms with E-state index in [1.807, 2.05) is 18.2 Å². The van der Waals surface area contributed by atoms with Crippen molar-refractivity contribution in [1.29, 1.82) is 0 Å². The average molecular weight is 457 g/mol. The van der Waals surface area contributed by atoms with Crippen molar-refractivity contribution in [2.75, 3.05) is 5.75 Å². The number of fused-ring (bicyclic) bond motifs is 1. The number of carbonyl (C=O) groups is 1. The highest BCUT2D eigenvalue weighted by molar-refractivity contribution is 7.99. The average Bonchev–Trinajstić information content (AvgIpc) is 3.39. The van der Waals surface area contributed by atoms with Crippen LogP contribution in [0.15, 0.2) is 73.8 Å². The molecule has 2 aromatic heterocycles. The van der Waals surface area contributed by atoms with Crippen LogP contribution in [-0.4, -0.2) is 27.8 Å². The van der Waals surface area contributed by atoms with E-state index < -0.39 is 4.92 Å². The Morgan fingerprint density at radius 1 is 1.23 bits per heavy atom. The minimum absolute atomic E-state index is 0.0421. The Labute approximate surface area is 184 Å². The number of furan rings is 1. The molecule has 4 rings (SSSR count). The second-order valence-corrected chi connectivity index (χ2v) is 7.49. The van der Waals surface area contributed by atoms with Crippen LogP contribution in [0.5, 0.6) is 0 Å². The van der Waals surface area contributed by atoms with Gasteiger partial charge < -0.3 is 8.83 Å². The van der Waals surface area contributed by atoms with Gasteiger partial charge in [-0.3, -0.25) is 14.9 Å². The number of hydrogen-bond donors (Lipinski definition) is 1. The number of nitrogens with zero attached hydrogens (tertiary/aromatic N) is 3. The molecule has 0 aliphatic carbocycles. The van der Waals surface area contributed by atoms with E-state index in [9.17, 15) is 14.9 Å². The van der Waals surface area contributed by atoms with Crippen LogP contribution in [0.3, 0.4) is 0 Å². The summed E-state index contributed by atoms with van der Waals surface area (Å²) >= 11 is 6.98. The van der Waals surface area contributed by atoms with Crippen LogP contribution < -0.4 is 5.43 Å². The number of para-hydroxylation sites is 2. The first kappa shape index (κ1) is 20.6. The maximum atomic E-state index is 12.0. The van der Waals surface area contributed by atoms with E-state index in [0.717, 1.165) is 17.3 Å². The van der Waals surface area contributed by atoms with E-state index in [2.05, 4.69) is 15.5 Å². The first-order valence-electron chi connectivity index (χ1n) is 8.84. The van der Waals surface area contributed by atoms with Crippen molar-refractivity contribution in [2.45, 2.75) is 5.22 Å². The molecule has 0 atom stereocenters. The van der Waals surface area contributed by atoms with Crippen LogP contribution >= 0.6 is 23.4 Å². The van der Waals surface area contributed by atoms with Crippen molar-refractivity contribution in [1.82, 2.24) is 10.4 Å². The van der Waals surface area contributed by atoms with E-state index in [1.54, 1.807) is 24.3 Å². The molecule has 4 aromatic rings. The van der Waals surface area contributed by atoms with E-state index in [1.165, 1.54) is 18.3 Å². The van der Waals surface area contributed by atoms with Gasteiger partial charge in [0.1, 0.15) is 22.1 Å². The number of nitro groups is 1. The molecule has 0 aliphatic heterocycles. The normalized spacial score (nSPS) is 11.3. The third-order valence-corrected chi connectivity index (χ3v) is 5.18. The standard InChI is InChI=1S/C20H13ClN4O5S/c21-14-7-5-12(9-16(14)25(27)28)17-8-6-13(29-17)10-22-24-19(26)11-31-20-23-15-3-1-2-4-18(15)30-20/h1-10H,11H2,(H,24,26)/b22-10-. The summed E-state index contributed by atoms with van der Waals surface area (Å²) in [5.41, 5.74) is 4.05. The van der Waals surface area contributed by atoms with Crippen molar-refractivity contribution in [3.63, 3.8) is 0 Å². The van der Waals surface area contributed by atoms with Crippen molar-refractivity contribution >= 4 is 52.3 Å². The molecule has 2 heterocycles. The minimum Gasteiger partial charge on any atom is -0.455 e. The predicted octanol–water partition coefficient (Wildman–Crippen LogP) is 4.89. The summed E-state index contributed by atoms with van der Waals surface area (Å²) in [6.07, 6.45) is 1.33. The molecule has 0 spiro atoms. The van der Waals surface area contributed by atoms with Crippen LogP contribution in [0.25, 0.3) is 22.4 Å². The summed E-state index contributed by atoms with van der Waals surface area (Å²) in [5, 5.41) is 15.3. The van der Waals surface area contributed by atoms with Crippen molar-refractivity contribution < 1.29 is 18.6 Å². The van der Waals surface area contributed by atoms with Gasteiger partial charge in [0.2, 0.25) is 0 Å². The van der Waals surface area contributed by atoms with Gasteiger partial charge in [-0.2, -0.15) is 5.10 Å². The SMILES string of the molecule is O=C(CSc1nc2ccccc2o1)N/N=C\c1ccc(-c2ccc(Cl)c([N+](=O)[O-])c2)o1. The number of thioether (sulfide) groups is 1. The fourth-order valence-corrected chi connectivity index (χ4v) is 3.44. The molecule has 2 aromatic carbocycles. The van der Waals surface area contributed by atoms with E-state index in [0.29, 0.717) is 27.9 Å². The molecule has 1 amide bonds. The van der Waals surface area contributed by atoms with Gasteiger partial charge in [-0.15, -0.1) is 0 Å². The molecule has 0 fully saturated rings.